The Balaban J connectivity index is 1.91. The Hall–Kier alpha value is 0.0400. The monoisotopic (exact) mass is 577 g/mol. The summed E-state index contributed by atoms with van der Waals surface area (Å²) in [6.07, 6.45) is 10.4. The zero-order chi connectivity index (χ0) is 18.0. The van der Waals surface area contributed by atoms with E-state index in [2.05, 4.69) is 98.6 Å². The molecule has 0 amide bonds. The van der Waals surface area contributed by atoms with E-state index in [1.165, 1.54) is 30.4 Å². The van der Waals surface area contributed by atoms with E-state index in [1.54, 1.807) is 0 Å². The minimum absolute atomic E-state index is 0.249. The molecule has 3 atom stereocenters. The number of likely N-dealkylation sites (tertiary alicyclic amines) is 1. The molecule has 0 saturated carbocycles. The summed E-state index contributed by atoms with van der Waals surface area (Å²) in [5, 5.41) is 0. The molecule has 140 valence electrons. The summed E-state index contributed by atoms with van der Waals surface area (Å²) in [7, 11) is 0. The van der Waals surface area contributed by atoms with E-state index >= 15 is 0 Å². The maximum Gasteiger partial charge on any atom is 0.184 e. The molecule has 2 fully saturated rings. The minimum Gasteiger partial charge on any atom is -0.348 e. The van der Waals surface area contributed by atoms with Crippen LogP contribution in [0.15, 0.2) is 54.1 Å². The fourth-order valence-corrected chi connectivity index (χ4v) is 6.00. The molecular weight excluding hydrogens is 552 g/mol. The molecule has 26 heavy (non-hydrogen) atoms. The first-order chi connectivity index (χ1) is 12.7. The highest BCUT2D eigenvalue weighted by Crippen LogP contribution is 2.48. The summed E-state index contributed by atoms with van der Waals surface area (Å²) in [5.74, 6) is 0. The molecule has 0 spiro atoms. The summed E-state index contributed by atoms with van der Waals surface area (Å²) >= 11 is 5.17. The standard InChI is InChI=1S/C21H25I2NO2/c22-18-11-7-10-17(19(18)23)21(20-25-14-15-26-20,16-8-3-1-4-9-16)24-12-5-2-6-13-24/h1,3-4,7-11,18-20H,2,5-6,12-15H2. The summed E-state index contributed by atoms with van der Waals surface area (Å²) in [5.41, 5.74) is 2.36. The Kier molecular flexibility index (Phi) is 6.40. The second-order valence-electron chi connectivity index (χ2n) is 7.11. The highest BCUT2D eigenvalue weighted by molar-refractivity contribution is 14.1. The van der Waals surface area contributed by atoms with Crippen LogP contribution in [0.25, 0.3) is 0 Å². The van der Waals surface area contributed by atoms with Gasteiger partial charge >= 0.3 is 0 Å². The molecule has 3 aliphatic rings. The molecular formula is C21H25I2NO2. The van der Waals surface area contributed by atoms with Crippen LogP contribution in [-0.4, -0.2) is 45.3 Å². The number of halogens is 2. The quantitative estimate of drug-likeness (QED) is 0.378. The molecule has 2 saturated heterocycles. The molecule has 0 N–H and O–H groups in total. The molecule has 2 heterocycles. The van der Waals surface area contributed by atoms with Gasteiger partial charge in [0.1, 0.15) is 5.54 Å². The summed E-state index contributed by atoms with van der Waals surface area (Å²) in [4.78, 5) is 2.64. The normalized spacial score (nSPS) is 30.2. The first-order valence-corrected chi connectivity index (χ1v) is 11.9. The van der Waals surface area contributed by atoms with Crippen molar-refractivity contribution in [2.24, 2.45) is 0 Å². The first kappa shape index (κ1) is 19.4. The number of ether oxygens (including phenoxy) is 2. The van der Waals surface area contributed by atoms with Gasteiger partial charge < -0.3 is 9.47 Å². The molecule has 0 radical (unpaired) electrons. The fourth-order valence-electron chi connectivity index (χ4n) is 4.46. The molecule has 1 aromatic carbocycles. The number of hydrogen-bond acceptors (Lipinski definition) is 3. The summed E-state index contributed by atoms with van der Waals surface area (Å²) in [6.45, 7) is 3.54. The molecule has 3 nitrogen and oxygen atoms in total. The van der Waals surface area contributed by atoms with Crippen LogP contribution >= 0.6 is 45.2 Å². The van der Waals surface area contributed by atoms with E-state index < -0.39 is 0 Å². The van der Waals surface area contributed by atoms with Gasteiger partial charge in [-0.3, -0.25) is 4.90 Å². The SMILES string of the molecule is IC1C=CC=C(C(c2ccccc2)(C2OCCO2)N2CCCCC2)C1I. The van der Waals surface area contributed by atoms with E-state index in [4.69, 9.17) is 9.47 Å². The number of rotatable bonds is 4. The molecule has 2 aliphatic heterocycles. The van der Waals surface area contributed by atoms with Crippen LogP contribution in [-0.2, 0) is 15.0 Å². The van der Waals surface area contributed by atoms with Gasteiger partial charge in [0.15, 0.2) is 6.29 Å². The maximum atomic E-state index is 6.23. The molecule has 1 aromatic rings. The Bertz CT molecular complexity index is 666. The van der Waals surface area contributed by atoms with Crippen LogP contribution in [0.1, 0.15) is 24.8 Å². The Morgan fingerprint density at radius 3 is 2.35 bits per heavy atom. The van der Waals surface area contributed by atoms with Crippen molar-refractivity contribution in [2.75, 3.05) is 26.3 Å². The van der Waals surface area contributed by atoms with Crippen LogP contribution in [0.4, 0.5) is 0 Å². The van der Waals surface area contributed by atoms with E-state index in [9.17, 15) is 0 Å². The average molecular weight is 577 g/mol. The lowest BCUT2D eigenvalue weighted by atomic mass is 9.75. The van der Waals surface area contributed by atoms with Crippen LogP contribution in [0, 0.1) is 0 Å². The van der Waals surface area contributed by atoms with Gasteiger partial charge in [0.05, 0.1) is 13.2 Å². The number of benzene rings is 1. The van der Waals surface area contributed by atoms with Crippen molar-refractivity contribution in [3.8, 4) is 0 Å². The van der Waals surface area contributed by atoms with Gasteiger partial charge in [-0.1, -0.05) is 100 Å². The van der Waals surface area contributed by atoms with Gasteiger partial charge in [0, 0.05) is 7.85 Å². The van der Waals surface area contributed by atoms with Gasteiger partial charge in [0.2, 0.25) is 0 Å². The zero-order valence-corrected chi connectivity index (χ0v) is 19.1. The molecule has 0 bridgehead atoms. The predicted octanol–water partition coefficient (Wildman–Crippen LogP) is 4.84. The molecule has 5 heteroatoms. The summed E-state index contributed by atoms with van der Waals surface area (Å²) < 4.78 is 13.3. The summed E-state index contributed by atoms with van der Waals surface area (Å²) in [6, 6.07) is 10.9. The van der Waals surface area contributed by atoms with Crippen molar-refractivity contribution in [1.29, 1.82) is 0 Å². The lowest BCUT2D eigenvalue weighted by molar-refractivity contribution is -0.145. The van der Waals surface area contributed by atoms with Gasteiger partial charge in [-0.15, -0.1) is 0 Å². The zero-order valence-electron chi connectivity index (χ0n) is 14.8. The van der Waals surface area contributed by atoms with Crippen molar-refractivity contribution in [1.82, 2.24) is 4.90 Å². The fraction of sp³-hybridized carbons (Fsp3) is 0.524. The van der Waals surface area contributed by atoms with Crippen molar-refractivity contribution in [3.05, 3.63) is 59.7 Å². The second kappa shape index (κ2) is 8.59. The van der Waals surface area contributed by atoms with E-state index in [-0.39, 0.29) is 11.8 Å². The Morgan fingerprint density at radius 1 is 0.962 bits per heavy atom. The van der Waals surface area contributed by atoms with Gasteiger partial charge in [-0.05, 0) is 37.1 Å². The smallest absolute Gasteiger partial charge is 0.184 e. The van der Waals surface area contributed by atoms with Crippen molar-refractivity contribution >= 4 is 45.2 Å². The number of piperidine rings is 1. The number of nitrogens with zero attached hydrogens (tertiary/aromatic N) is 1. The topological polar surface area (TPSA) is 21.7 Å². The van der Waals surface area contributed by atoms with E-state index in [0.717, 1.165) is 13.1 Å². The molecule has 3 unspecified atom stereocenters. The van der Waals surface area contributed by atoms with Crippen LogP contribution in [0.5, 0.6) is 0 Å². The van der Waals surface area contributed by atoms with E-state index in [0.29, 0.717) is 21.1 Å². The lowest BCUT2D eigenvalue weighted by Crippen LogP contribution is -2.59. The van der Waals surface area contributed by atoms with Crippen LogP contribution < -0.4 is 0 Å². The third-order valence-corrected chi connectivity index (χ3v) is 9.58. The molecule has 1 aliphatic carbocycles. The van der Waals surface area contributed by atoms with E-state index in [1.807, 2.05) is 0 Å². The highest BCUT2D eigenvalue weighted by Gasteiger charge is 2.53. The molecule has 0 aromatic heterocycles. The first-order valence-electron chi connectivity index (χ1n) is 9.45. The predicted molar refractivity (Wildman–Crippen MR) is 122 cm³/mol. The lowest BCUT2D eigenvalue weighted by Gasteiger charge is -2.51. The maximum absolute atomic E-state index is 6.23. The highest BCUT2D eigenvalue weighted by atomic mass is 127. The van der Waals surface area contributed by atoms with Crippen molar-refractivity contribution < 1.29 is 9.47 Å². The number of allylic oxidation sites excluding steroid dienone is 3. The Labute approximate surface area is 183 Å². The van der Waals surface area contributed by atoms with Gasteiger partial charge in [0.25, 0.3) is 0 Å². The number of hydrogen-bond donors (Lipinski definition) is 0. The van der Waals surface area contributed by atoms with Crippen LogP contribution in [0.2, 0.25) is 0 Å². The minimum atomic E-state index is -0.349. The van der Waals surface area contributed by atoms with Gasteiger partial charge in [-0.25, -0.2) is 0 Å². The Morgan fingerprint density at radius 2 is 1.65 bits per heavy atom. The number of alkyl halides is 2. The van der Waals surface area contributed by atoms with Gasteiger partial charge in [-0.2, -0.15) is 0 Å². The van der Waals surface area contributed by atoms with Crippen molar-refractivity contribution in [3.63, 3.8) is 0 Å². The molecule has 4 rings (SSSR count). The van der Waals surface area contributed by atoms with Crippen molar-refractivity contribution in [2.45, 2.75) is 38.9 Å². The largest absolute Gasteiger partial charge is 0.348 e. The second-order valence-corrected chi connectivity index (χ2v) is 9.89. The third-order valence-electron chi connectivity index (χ3n) is 5.62. The average Bonchev–Trinajstić information content (AvgIpc) is 3.22. The van der Waals surface area contributed by atoms with Crippen LogP contribution in [0.3, 0.4) is 0 Å². The third kappa shape index (κ3) is 3.43.